The number of fused-ring (bicyclic) bond motifs is 3. The molecule has 0 fully saturated rings. The quantitative estimate of drug-likeness (QED) is 0.592. The highest BCUT2D eigenvalue weighted by Gasteiger charge is 2.18. The van der Waals surface area contributed by atoms with Crippen molar-refractivity contribution in [2.75, 3.05) is 13.7 Å². The first-order valence-corrected chi connectivity index (χ1v) is 6.92. The summed E-state index contributed by atoms with van der Waals surface area (Å²) in [5, 5.41) is 10.7. The molecule has 0 aliphatic carbocycles. The van der Waals surface area contributed by atoms with E-state index in [0.29, 0.717) is 28.7 Å². The molecule has 22 heavy (non-hydrogen) atoms. The van der Waals surface area contributed by atoms with Gasteiger partial charge in [-0.2, -0.15) is 0 Å². The van der Waals surface area contributed by atoms with Crippen LogP contribution in [0.3, 0.4) is 0 Å². The van der Waals surface area contributed by atoms with Gasteiger partial charge in [0.1, 0.15) is 5.58 Å². The van der Waals surface area contributed by atoms with Crippen LogP contribution in [0.25, 0.3) is 21.9 Å². The first kappa shape index (κ1) is 14.4. The fraction of sp³-hybridized carbons (Fsp3) is 0.235. The molecule has 0 saturated carbocycles. The number of furan rings is 1. The van der Waals surface area contributed by atoms with E-state index in [0.717, 1.165) is 16.5 Å². The lowest BCUT2D eigenvalue weighted by Crippen LogP contribution is -1.99. The van der Waals surface area contributed by atoms with Crippen LogP contribution in [-0.4, -0.2) is 18.8 Å². The smallest absolute Gasteiger partial charge is 0.336 e. The molecule has 0 bridgehead atoms. The zero-order valence-electron chi connectivity index (χ0n) is 12.4. The van der Waals surface area contributed by atoms with E-state index in [-0.39, 0.29) is 6.61 Å². The Kier molecular flexibility index (Phi) is 3.73. The maximum Gasteiger partial charge on any atom is 0.336 e. The average molecular weight is 300 g/mol. The molecule has 2 aromatic heterocycles. The molecule has 0 saturated heterocycles. The van der Waals surface area contributed by atoms with Crippen LogP contribution in [0.4, 0.5) is 0 Å². The molecule has 2 heterocycles. The molecule has 5 nitrogen and oxygen atoms in total. The topological polar surface area (TPSA) is 72.8 Å². The SMILES string of the molecule is COc1c(C/C=C(\C)CO)c2ccc(=O)oc2c2ccoc12. The number of ether oxygens (including phenoxy) is 1. The first-order chi connectivity index (χ1) is 10.7. The van der Waals surface area contributed by atoms with E-state index < -0.39 is 5.63 Å². The molecule has 3 rings (SSSR count). The van der Waals surface area contributed by atoms with Gasteiger partial charge in [-0.05, 0) is 25.5 Å². The number of aliphatic hydroxyl groups is 1. The Labute approximate surface area is 126 Å². The van der Waals surface area contributed by atoms with Crippen molar-refractivity contribution in [3.05, 3.63) is 52.1 Å². The largest absolute Gasteiger partial charge is 0.492 e. The monoisotopic (exact) mass is 300 g/mol. The van der Waals surface area contributed by atoms with Gasteiger partial charge in [0.15, 0.2) is 11.3 Å². The van der Waals surface area contributed by atoms with Gasteiger partial charge in [0.2, 0.25) is 0 Å². The highest BCUT2D eigenvalue weighted by Crippen LogP contribution is 2.38. The Morgan fingerprint density at radius 2 is 2.09 bits per heavy atom. The van der Waals surface area contributed by atoms with E-state index in [1.807, 2.05) is 13.0 Å². The van der Waals surface area contributed by atoms with Crippen molar-refractivity contribution in [3.8, 4) is 5.75 Å². The van der Waals surface area contributed by atoms with Crippen LogP contribution in [0.2, 0.25) is 0 Å². The lowest BCUT2D eigenvalue weighted by molar-refractivity contribution is 0.331. The molecule has 0 atom stereocenters. The minimum absolute atomic E-state index is 0.00166. The summed E-state index contributed by atoms with van der Waals surface area (Å²) in [4.78, 5) is 11.6. The van der Waals surface area contributed by atoms with Crippen molar-refractivity contribution in [3.63, 3.8) is 0 Å². The Bertz CT molecular complexity index is 914. The molecular weight excluding hydrogens is 284 g/mol. The van der Waals surface area contributed by atoms with Crippen LogP contribution >= 0.6 is 0 Å². The van der Waals surface area contributed by atoms with Crippen molar-refractivity contribution < 1.29 is 18.7 Å². The summed E-state index contributed by atoms with van der Waals surface area (Å²) < 4.78 is 16.4. The molecule has 0 amide bonds. The van der Waals surface area contributed by atoms with E-state index >= 15 is 0 Å². The van der Waals surface area contributed by atoms with Gasteiger partial charge in [-0.3, -0.25) is 0 Å². The van der Waals surface area contributed by atoms with Crippen molar-refractivity contribution in [2.24, 2.45) is 0 Å². The van der Waals surface area contributed by atoms with Crippen molar-refractivity contribution in [2.45, 2.75) is 13.3 Å². The van der Waals surface area contributed by atoms with E-state index in [2.05, 4.69) is 0 Å². The van der Waals surface area contributed by atoms with Crippen LogP contribution < -0.4 is 10.4 Å². The van der Waals surface area contributed by atoms with Gasteiger partial charge < -0.3 is 18.7 Å². The maximum atomic E-state index is 11.6. The van der Waals surface area contributed by atoms with E-state index in [4.69, 9.17) is 18.7 Å². The second-order valence-corrected chi connectivity index (χ2v) is 5.09. The second-order valence-electron chi connectivity index (χ2n) is 5.09. The highest BCUT2D eigenvalue weighted by atomic mass is 16.5. The number of aliphatic hydroxyl groups excluding tert-OH is 1. The Balaban J connectivity index is 2.37. The minimum atomic E-state index is -0.409. The Hall–Kier alpha value is -2.53. The zero-order valence-corrected chi connectivity index (χ0v) is 12.4. The number of rotatable bonds is 4. The standard InChI is InChI=1S/C17H16O5/c1-10(9-18)3-4-12-11-5-6-14(19)22-15(11)13-7-8-21-17(13)16(12)20-2/h3,5-8,18H,4,9H2,1-2H3/b10-3+. The molecule has 5 heteroatoms. The molecule has 3 aromatic rings. The predicted molar refractivity (Wildman–Crippen MR) is 83.4 cm³/mol. The van der Waals surface area contributed by atoms with Crippen LogP contribution in [0.5, 0.6) is 5.75 Å². The fourth-order valence-electron chi connectivity index (χ4n) is 2.54. The summed E-state index contributed by atoms with van der Waals surface area (Å²) in [5.74, 6) is 0.614. The highest BCUT2D eigenvalue weighted by molar-refractivity contribution is 6.07. The summed E-state index contributed by atoms with van der Waals surface area (Å²) in [5.41, 5.74) is 2.34. The summed E-state index contributed by atoms with van der Waals surface area (Å²) in [6, 6.07) is 4.87. The lowest BCUT2D eigenvalue weighted by Gasteiger charge is -2.11. The normalized spacial score (nSPS) is 12.2. The summed E-state index contributed by atoms with van der Waals surface area (Å²) in [6.45, 7) is 1.85. The van der Waals surface area contributed by atoms with E-state index in [9.17, 15) is 4.79 Å². The van der Waals surface area contributed by atoms with Crippen molar-refractivity contribution in [1.82, 2.24) is 0 Å². The average Bonchev–Trinajstić information content (AvgIpc) is 3.01. The molecule has 114 valence electrons. The molecule has 1 N–H and O–H groups in total. The van der Waals surface area contributed by atoms with Gasteiger partial charge in [-0.15, -0.1) is 0 Å². The molecule has 0 aliphatic rings. The second kappa shape index (κ2) is 5.69. The van der Waals surface area contributed by atoms with Crippen LogP contribution in [-0.2, 0) is 6.42 Å². The van der Waals surface area contributed by atoms with Crippen LogP contribution in [0.15, 0.2) is 49.7 Å². The molecule has 0 aliphatic heterocycles. The number of hydrogen-bond acceptors (Lipinski definition) is 5. The molecule has 0 unspecified atom stereocenters. The van der Waals surface area contributed by atoms with Crippen molar-refractivity contribution in [1.29, 1.82) is 0 Å². The molecule has 0 spiro atoms. The third-order valence-electron chi connectivity index (χ3n) is 3.66. The maximum absolute atomic E-state index is 11.6. The summed E-state index contributed by atoms with van der Waals surface area (Å²) >= 11 is 0. The molecule has 1 aromatic carbocycles. The first-order valence-electron chi connectivity index (χ1n) is 6.92. The number of hydrogen-bond donors (Lipinski definition) is 1. The Morgan fingerprint density at radius 1 is 1.27 bits per heavy atom. The van der Waals surface area contributed by atoms with Crippen LogP contribution in [0.1, 0.15) is 12.5 Å². The lowest BCUT2D eigenvalue weighted by atomic mass is 10.0. The summed E-state index contributed by atoms with van der Waals surface area (Å²) in [6.07, 6.45) is 3.99. The molecule has 0 radical (unpaired) electrons. The van der Waals surface area contributed by atoms with Gasteiger partial charge in [0, 0.05) is 17.0 Å². The van der Waals surface area contributed by atoms with Gasteiger partial charge in [-0.25, -0.2) is 4.79 Å². The summed E-state index contributed by atoms with van der Waals surface area (Å²) in [7, 11) is 1.58. The fourth-order valence-corrected chi connectivity index (χ4v) is 2.54. The zero-order chi connectivity index (χ0) is 15.7. The van der Waals surface area contributed by atoms with E-state index in [1.54, 1.807) is 19.2 Å². The third-order valence-corrected chi connectivity index (χ3v) is 3.66. The number of allylic oxidation sites excluding steroid dienone is 1. The van der Waals surface area contributed by atoms with Gasteiger partial charge in [0.05, 0.1) is 25.4 Å². The van der Waals surface area contributed by atoms with Crippen LogP contribution in [0, 0.1) is 0 Å². The van der Waals surface area contributed by atoms with Gasteiger partial charge in [-0.1, -0.05) is 11.6 Å². The Morgan fingerprint density at radius 3 is 2.82 bits per heavy atom. The number of benzene rings is 1. The number of methoxy groups -OCH3 is 1. The van der Waals surface area contributed by atoms with Gasteiger partial charge in [0.25, 0.3) is 0 Å². The minimum Gasteiger partial charge on any atom is -0.492 e. The third kappa shape index (κ3) is 2.29. The predicted octanol–water partition coefficient (Wildman–Crippen LogP) is 3.03. The molecular formula is C17H16O5. The van der Waals surface area contributed by atoms with Crippen molar-refractivity contribution >= 4 is 21.9 Å². The van der Waals surface area contributed by atoms with E-state index in [1.165, 1.54) is 12.3 Å². The van der Waals surface area contributed by atoms with Gasteiger partial charge >= 0.3 is 5.63 Å².